The van der Waals surface area contributed by atoms with E-state index in [4.69, 9.17) is 18.9 Å². The Morgan fingerprint density at radius 2 is 1.65 bits per heavy atom. The van der Waals surface area contributed by atoms with Crippen molar-refractivity contribution in [2.75, 3.05) is 96.0 Å². The number of fused-ring (bicyclic) bond motifs is 2. The van der Waals surface area contributed by atoms with Crippen LogP contribution in [-0.4, -0.2) is 169 Å². The molecule has 3 aromatic heterocycles. The summed E-state index contributed by atoms with van der Waals surface area (Å²) < 4.78 is 37.4. The van der Waals surface area contributed by atoms with Crippen molar-refractivity contribution in [3.05, 3.63) is 101 Å². The summed E-state index contributed by atoms with van der Waals surface area (Å²) in [5.74, 6) is -2.25. The second kappa shape index (κ2) is 27.8. The molecular weight excluding hydrogens is 1090 g/mol. The number of H-pyrrole nitrogens is 1. The van der Waals surface area contributed by atoms with Crippen LogP contribution in [0.3, 0.4) is 0 Å². The number of anilines is 5. The van der Waals surface area contributed by atoms with Gasteiger partial charge >= 0.3 is 0 Å². The number of amides is 6. The lowest BCUT2D eigenvalue weighted by atomic mass is 9.85. The van der Waals surface area contributed by atoms with E-state index in [1.54, 1.807) is 53.2 Å². The van der Waals surface area contributed by atoms with E-state index >= 15 is 0 Å². The lowest BCUT2D eigenvalue weighted by molar-refractivity contribution is -0.144. The van der Waals surface area contributed by atoms with E-state index in [0.29, 0.717) is 46.9 Å². The van der Waals surface area contributed by atoms with E-state index in [1.165, 1.54) is 36.1 Å². The van der Waals surface area contributed by atoms with Crippen molar-refractivity contribution in [1.82, 2.24) is 45.7 Å². The molecule has 3 atom stereocenters. The van der Waals surface area contributed by atoms with Crippen molar-refractivity contribution in [2.45, 2.75) is 78.1 Å². The number of likely N-dealkylation sites (tertiary alicyclic amines) is 1. The number of hydrogen-bond acceptors (Lipinski definition) is 17. The molecule has 2 aliphatic rings. The average molecular weight is 1160 g/mol. The molecule has 0 spiro atoms. The largest absolute Gasteiger partial charge is 0.495 e. The molecule has 5 heterocycles. The number of methoxy groups -OCH3 is 1. The number of aliphatic hydroxyl groups is 1. The van der Waals surface area contributed by atoms with Gasteiger partial charge in [-0.3, -0.25) is 28.8 Å². The van der Waals surface area contributed by atoms with Crippen LogP contribution in [0, 0.1) is 18.2 Å². The highest BCUT2D eigenvalue weighted by atomic mass is 32.1. The van der Waals surface area contributed by atoms with Crippen LogP contribution >= 0.6 is 11.3 Å². The molecule has 25 heteroatoms. The van der Waals surface area contributed by atoms with Gasteiger partial charge in [0.15, 0.2) is 0 Å². The number of hydrogen-bond donors (Lipinski definition) is 7. The van der Waals surface area contributed by atoms with Crippen LogP contribution in [0.2, 0.25) is 0 Å². The Morgan fingerprint density at radius 3 is 2.34 bits per heavy atom. The number of aromatic amines is 1. The van der Waals surface area contributed by atoms with Crippen LogP contribution < -0.4 is 36.2 Å². The molecule has 83 heavy (non-hydrogen) atoms. The van der Waals surface area contributed by atoms with Gasteiger partial charge in [-0.1, -0.05) is 51.1 Å². The van der Waals surface area contributed by atoms with Gasteiger partial charge in [0.1, 0.15) is 35.1 Å². The Hall–Kier alpha value is -8.10. The van der Waals surface area contributed by atoms with E-state index in [9.17, 15) is 38.3 Å². The van der Waals surface area contributed by atoms with E-state index in [2.05, 4.69) is 46.5 Å². The van der Waals surface area contributed by atoms with Gasteiger partial charge in [-0.05, 0) is 65.8 Å². The van der Waals surface area contributed by atoms with Crippen molar-refractivity contribution in [2.24, 2.45) is 5.41 Å². The number of β-amino-alcohol motifs (C(OH)–C–C–N with tert-alkyl or cyclic N) is 1. The van der Waals surface area contributed by atoms with E-state index < -0.39 is 47.1 Å². The zero-order chi connectivity index (χ0) is 59.4. The molecule has 6 amide bonds. The summed E-state index contributed by atoms with van der Waals surface area (Å²) >= 11 is 1.56. The maximum Gasteiger partial charge on any atom is 0.256 e. The van der Waals surface area contributed by atoms with Gasteiger partial charge in [-0.2, -0.15) is 9.97 Å². The molecule has 0 saturated carbocycles. The van der Waals surface area contributed by atoms with Crippen LogP contribution in [0.1, 0.15) is 67.2 Å². The third-order valence-corrected chi connectivity index (χ3v) is 15.1. The van der Waals surface area contributed by atoms with Gasteiger partial charge < -0.3 is 70.3 Å². The molecule has 3 aromatic carbocycles. The highest BCUT2D eigenvalue weighted by Gasteiger charge is 2.44. The minimum absolute atomic E-state index is 0.0289. The third kappa shape index (κ3) is 15.3. The molecular formula is C58H71FN12O11S. The van der Waals surface area contributed by atoms with E-state index in [0.717, 1.165) is 27.3 Å². The highest BCUT2D eigenvalue weighted by Crippen LogP contribution is 2.39. The van der Waals surface area contributed by atoms with Crippen molar-refractivity contribution in [3.8, 4) is 16.2 Å². The second-order valence-electron chi connectivity index (χ2n) is 21.1. The average Bonchev–Trinajstić information content (AvgIpc) is 4.52. The van der Waals surface area contributed by atoms with Gasteiger partial charge in [0.05, 0.1) is 104 Å². The molecule has 1 saturated heterocycles. The first kappa shape index (κ1) is 61.0. The Bertz CT molecular complexity index is 3300. The topological polar surface area (TPSA) is 284 Å². The Labute approximate surface area is 484 Å². The maximum absolute atomic E-state index is 14.8. The minimum atomic E-state index is -0.974. The lowest BCUT2D eigenvalue weighted by Crippen LogP contribution is -2.57. The number of benzene rings is 3. The summed E-state index contributed by atoms with van der Waals surface area (Å²) in [6.07, 6.45) is 1.42. The van der Waals surface area contributed by atoms with Crippen LogP contribution in [0.15, 0.2) is 72.4 Å². The smallest absolute Gasteiger partial charge is 0.256 e. The van der Waals surface area contributed by atoms with Crippen LogP contribution in [0.5, 0.6) is 5.75 Å². The molecule has 6 aromatic rings. The van der Waals surface area contributed by atoms with Crippen molar-refractivity contribution in [1.29, 1.82) is 0 Å². The first-order valence-corrected chi connectivity index (χ1v) is 28.1. The molecule has 0 radical (unpaired) electrons. The maximum atomic E-state index is 14.8. The predicted octanol–water partition coefficient (Wildman–Crippen LogP) is 5.37. The minimum Gasteiger partial charge on any atom is -0.495 e. The number of nitrogens with zero attached hydrogens (tertiary/aromatic N) is 6. The van der Waals surface area contributed by atoms with Crippen LogP contribution in [0.25, 0.3) is 21.5 Å². The summed E-state index contributed by atoms with van der Waals surface area (Å²) in [4.78, 5) is 102. The quantitative estimate of drug-likeness (QED) is 0.0336. The van der Waals surface area contributed by atoms with Crippen LogP contribution in [0.4, 0.5) is 33.2 Å². The fraction of sp³-hybridized carbons (Fsp3) is 0.431. The number of likely N-dealkylation sites (N-methyl/N-ethyl adjacent to an activating group) is 1. The zero-order valence-corrected chi connectivity index (χ0v) is 48.4. The zero-order valence-electron chi connectivity index (χ0n) is 47.6. The number of aliphatic hydroxyl groups excluding tert-OH is 1. The normalized spacial score (nSPS) is 15.2. The summed E-state index contributed by atoms with van der Waals surface area (Å²) in [5, 5.41) is 25.7. The van der Waals surface area contributed by atoms with Gasteiger partial charge in [0.25, 0.3) is 5.91 Å². The molecule has 442 valence electrons. The third-order valence-electron chi connectivity index (χ3n) is 14.2. The Morgan fingerprint density at radius 1 is 0.928 bits per heavy atom. The van der Waals surface area contributed by atoms with Crippen molar-refractivity contribution < 1.29 is 57.2 Å². The standard InChI is InChI=1S/C58H71FN12O11S/c1-34-50(83-33-63-34)36-13-11-35(12-14-36)30-62-54(76)44-28-38(72)31-71(44)56(78)51(58(2,3)4)66-46(73)17-21-80-23-25-82-26-24-81-22-18-47(74)69(6)32-48(75)70-20-16-37-27-45(79-7)42(29-43(37)70)65-57-67-52-39(15-19-61-52)53(68-57)64-41-10-8-9-40(59)49(41)55(77)60-5/h8-15,19,27,29,33,38,44,51,72H,16-18,20-26,28,30-32H2,1-7H3,(H,60,77)(H,62,76)(H,66,73)(H3,61,64,65,67,68)/t38-,44+,51?/m1/s1. The number of aromatic nitrogens is 4. The lowest BCUT2D eigenvalue weighted by Gasteiger charge is -2.35. The number of carbonyl (C=O) groups is 6. The SMILES string of the molecule is CNC(=O)c1c(F)cccc1Nc1nc(Nc2cc3c(cc2OC)CCN3C(=O)CN(C)C(=O)CCOCCOCCOCCC(=O)NC(C(=O)N2C[C@H](O)C[C@H]2C(=O)NCc2ccc(-c3scnc3C)cc2)C(C)(C)C)nc2[nH]ccc12. The van der Waals surface area contributed by atoms with Gasteiger partial charge in [0, 0.05) is 58.5 Å². The van der Waals surface area contributed by atoms with Gasteiger partial charge in [0.2, 0.25) is 35.5 Å². The molecule has 0 bridgehead atoms. The summed E-state index contributed by atoms with van der Waals surface area (Å²) in [6.45, 7) is 8.84. The number of ether oxygens (including phenoxy) is 4. The molecule has 2 aliphatic heterocycles. The Kier molecular flexibility index (Phi) is 20.4. The fourth-order valence-corrected chi connectivity index (χ4v) is 10.5. The number of halogens is 1. The number of nitrogens with one attached hydrogen (secondary N) is 6. The summed E-state index contributed by atoms with van der Waals surface area (Å²) in [6, 6.07) is 15.5. The van der Waals surface area contributed by atoms with Crippen molar-refractivity contribution in [3.63, 3.8) is 0 Å². The highest BCUT2D eigenvalue weighted by molar-refractivity contribution is 7.13. The molecule has 8 rings (SSSR count). The fourth-order valence-electron chi connectivity index (χ4n) is 9.71. The molecule has 1 fully saturated rings. The first-order valence-electron chi connectivity index (χ1n) is 27.3. The van der Waals surface area contributed by atoms with Crippen molar-refractivity contribution >= 4 is 86.6 Å². The number of carbonyl (C=O) groups excluding carboxylic acids is 6. The first-order chi connectivity index (χ1) is 39.8. The Balaban J connectivity index is 0.720. The number of aryl methyl sites for hydroxylation is 1. The second-order valence-corrected chi connectivity index (χ2v) is 22.0. The molecule has 1 unspecified atom stereocenters. The van der Waals surface area contributed by atoms with E-state index in [1.807, 2.05) is 58.0 Å². The summed E-state index contributed by atoms with van der Waals surface area (Å²) in [7, 11) is 4.49. The van der Waals surface area contributed by atoms with Crippen LogP contribution in [-0.2, 0) is 51.1 Å². The molecule has 7 N–H and O–H groups in total. The van der Waals surface area contributed by atoms with Gasteiger partial charge in [-0.15, -0.1) is 11.3 Å². The number of rotatable bonds is 26. The molecule has 23 nitrogen and oxygen atoms in total. The number of thiazole rings is 1. The summed E-state index contributed by atoms with van der Waals surface area (Å²) in [5.41, 5.74) is 6.36. The predicted molar refractivity (Wildman–Crippen MR) is 310 cm³/mol. The van der Waals surface area contributed by atoms with Gasteiger partial charge in [-0.25, -0.2) is 9.37 Å². The molecule has 0 aliphatic carbocycles. The monoisotopic (exact) mass is 1160 g/mol. The van der Waals surface area contributed by atoms with E-state index in [-0.39, 0.29) is 113 Å².